The molecule has 4 aromatic rings. The van der Waals surface area contributed by atoms with Gasteiger partial charge < -0.3 is 9.84 Å². The summed E-state index contributed by atoms with van der Waals surface area (Å²) in [7, 11) is 0. The van der Waals surface area contributed by atoms with Gasteiger partial charge in [-0.2, -0.15) is 18.2 Å². The first-order valence-corrected chi connectivity index (χ1v) is 9.40. The highest BCUT2D eigenvalue weighted by molar-refractivity contribution is 5.56. The number of benzene rings is 1. The van der Waals surface area contributed by atoms with Crippen LogP contribution in [-0.2, 0) is 6.18 Å². The van der Waals surface area contributed by atoms with Crippen molar-refractivity contribution in [3.05, 3.63) is 72.5 Å². The Morgan fingerprint density at radius 3 is 2.45 bits per heavy atom. The minimum atomic E-state index is -4.61. The predicted octanol–water partition coefficient (Wildman–Crippen LogP) is 4.82. The Labute approximate surface area is 175 Å². The Morgan fingerprint density at radius 1 is 0.968 bits per heavy atom. The summed E-state index contributed by atoms with van der Waals surface area (Å²) >= 11 is 0. The van der Waals surface area contributed by atoms with Crippen molar-refractivity contribution in [2.45, 2.75) is 19.0 Å². The van der Waals surface area contributed by atoms with Gasteiger partial charge in [0.05, 0.1) is 5.92 Å². The molecule has 0 amide bonds. The van der Waals surface area contributed by atoms with Crippen molar-refractivity contribution >= 4 is 5.82 Å². The number of hydrogen-bond donors (Lipinski definition) is 1. The second kappa shape index (κ2) is 8.50. The van der Waals surface area contributed by atoms with Gasteiger partial charge in [0.25, 0.3) is 0 Å². The molecule has 0 fully saturated rings. The van der Waals surface area contributed by atoms with Gasteiger partial charge in [-0.1, -0.05) is 42.4 Å². The second-order valence-electron chi connectivity index (χ2n) is 6.81. The van der Waals surface area contributed by atoms with E-state index in [1.807, 2.05) is 37.3 Å². The Hall–Kier alpha value is -3.82. The predicted molar refractivity (Wildman–Crippen MR) is 107 cm³/mol. The lowest BCUT2D eigenvalue weighted by Crippen LogP contribution is -2.15. The monoisotopic (exact) mass is 426 g/mol. The van der Waals surface area contributed by atoms with Crippen LogP contribution >= 0.6 is 0 Å². The molecular formula is C21H17F3N6O. The van der Waals surface area contributed by atoms with Gasteiger partial charge >= 0.3 is 6.18 Å². The van der Waals surface area contributed by atoms with Crippen molar-refractivity contribution in [1.82, 2.24) is 25.1 Å². The molecule has 3 aromatic heterocycles. The number of hydrogen-bond acceptors (Lipinski definition) is 7. The van der Waals surface area contributed by atoms with Crippen molar-refractivity contribution in [1.29, 1.82) is 0 Å². The Kier molecular flexibility index (Phi) is 5.61. The van der Waals surface area contributed by atoms with Gasteiger partial charge in [-0.15, -0.1) is 0 Å². The van der Waals surface area contributed by atoms with Crippen LogP contribution in [0.4, 0.5) is 19.0 Å². The number of halogens is 3. The van der Waals surface area contributed by atoms with E-state index in [-0.39, 0.29) is 24.1 Å². The van der Waals surface area contributed by atoms with Crippen molar-refractivity contribution in [2.24, 2.45) is 0 Å². The topological polar surface area (TPSA) is 89.6 Å². The summed E-state index contributed by atoms with van der Waals surface area (Å²) in [6.07, 6.45) is -1.68. The lowest BCUT2D eigenvalue weighted by atomic mass is 10.1. The number of alkyl halides is 3. The number of aromatic nitrogens is 5. The highest BCUT2D eigenvalue weighted by Crippen LogP contribution is 2.31. The fraction of sp³-hybridized carbons (Fsp3) is 0.190. The first-order valence-electron chi connectivity index (χ1n) is 9.40. The number of pyridine rings is 1. The van der Waals surface area contributed by atoms with E-state index in [0.29, 0.717) is 17.3 Å². The molecule has 0 saturated carbocycles. The average molecular weight is 426 g/mol. The molecule has 158 valence electrons. The van der Waals surface area contributed by atoms with Crippen LogP contribution in [0.15, 0.2) is 65.4 Å². The van der Waals surface area contributed by atoms with E-state index in [9.17, 15) is 13.2 Å². The third kappa shape index (κ3) is 4.85. The molecule has 0 spiro atoms. The van der Waals surface area contributed by atoms with Crippen molar-refractivity contribution < 1.29 is 17.7 Å². The Bertz CT molecular complexity index is 1150. The Balaban J connectivity index is 1.53. The zero-order valence-corrected chi connectivity index (χ0v) is 16.3. The van der Waals surface area contributed by atoms with E-state index >= 15 is 0 Å². The van der Waals surface area contributed by atoms with E-state index in [2.05, 4.69) is 30.4 Å². The molecule has 1 unspecified atom stereocenters. The largest absolute Gasteiger partial charge is 0.433 e. The number of nitrogens with zero attached hydrogens (tertiary/aromatic N) is 5. The van der Waals surface area contributed by atoms with Crippen LogP contribution in [0.2, 0.25) is 0 Å². The van der Waals surface area contributed by atoms with Gasteiger partial charge in [0.15, 0.2) is 11.5 Å². The van der Waals surface area contributed by atoms with Crippen LogP contribution in [-0.4, -0.2) is 31.6 Å². The number of rotatable bonds is 6. The van der Waals surface area contributed by atoms with E-state index in [1.165, 1.54) is 12.4 Å². The third-order valence-corrected chi connectivity index (χ3v) is 4.42. The highest BCUT2D eigenvalue weighted by atomic mass is 19.4. The molecule has 0 aliphatic rings. The van der Waals surface area contributed by atoms with E-state index in [0.717, 1.165) is 11.6 Å². The normalized spacial score (nSPS) is 12.5. The van der Waals surface area contributed by atoms with Gasteiger partial charge in [0, 0.05) is 36.1 Å². The van der Waals surface area contributed by atoms with Crippen molar-refractivity contribution in [2.75, 3.05) is 11.9 Å². The van der Waals surface area contributed by atoms with Gasteiger partial charge in [-0.3, -0.25) is 4.98 Å². The summed E-state index contributed by atoms with van der Waals surface area (Å²) in [5.74, 6) is 0.515. The van der Waals surface area contributed by atoms with Gasteiger partial charge in [0.2, 0.25) is 11.7 Å². The van der Waals surface area contributed by atoms with Crippen LogP contribution in [0, 0.1) is 0 Å². The summed E-state index contributed by atoms with van der Waals surface area (Å²) < 4.78 is 45.3. The first kappa shape index (κ1) is 20.5. The summed E-state index contributed by atoms with van der Waals surface area (Å²) in [5.41, 5.74) is 0.152. The molecule has 10 heteroatoms. The van der Waals surface area contributed by atoms with Crippen LogP contribution in [0.5, 0.6) is 0 Å². The smallest absolute Gasteiger partial charge is 0.369 e. The Morgan fingerprint density at radius 2 is 1.74 bits per heavy atom. The second-order valence-corrected chi connectivity index (χ2v) is 6.81. The fourth-order valence-electron chi connectivity index (χ4n) is 2.79. The first-order chi connectivity index (χ1) is 14.9. The van der Waals surface area contributed by atoms with Gasteiger partial charge in [0.1, 0.15) is 5.82 Å². The van der Waals surface area contributed by atoms with E-state index < -0.39 is 11.9 Å². The summed E-state index contributed by atoms with van der Waals surface area (Å²) in [6, 6.07) is 13.4. The van der Waals surface area contributed by atoms with E-state index in [1.54, 1.807) is 12.1 Å². The SMILES string of the molecule is CC(CNc1cc(C(F)(F)F)nc(-c2cccnc2)n1)c1nc(-c2ccccc2)no1. The summed E-state index contributed by atoms with van der Waals surface area (Å²) in [4.78, 5) is 16.1. The molecule has 31 heavy (non-hydrogen) atoms. The summed E-state index contributed by atoms with van der Waals surface area (Å²) in [6.45, 7) is 2.06. The molecule has 0 radical (unpaired) electrons. The van der Waals surface area contributed by atoms with Crippen molar-refractivity contribution in [3.63, 3.8) is 0 Å². The van der Waals surface area contributed by atoms with Gasteiger partial charge in [-0.05, 0) is 12.1 Å². The summed E-state index contributed by atoms with van der Waals surface area (Å²) in [5, 5.41) is 6.88. The van der Waals surface area contributed by atoms with Crippen LogP contribution < -0.4 is 5.32 Å². The molecule has 3 heterocycles. The molecule has 0 aliphatic heterocycles. The third-order valence-electron chi connectivity index (χ3n) is 4.42. The number of anilines is 1. The molecule has 0 saturated heterocycles. The average Bonchev–Trinajstić information content (AvgIpc) is 3.28. The lowest BCUT2D eigenvalue weighted by molar-refractivity contribution is -0.141. The maximum Gasteiger partial charge on any atom is 0.433 e. The molecule has 1 aromatic carbocycles. The standard InChI is InChI=1S/C21H17F3N6O/c1-13(20-29-19(30-31-20)14-6-3-2-4-7-14)11-26-17-10-16(21(22,23)24)27-18(28-17)15-8-5-9-25-12-15/h2-10,12-13H,11H2,1H3,(H,26,27,28). The minimum Gasteiger partial charge on any atom is -0.369 e. The van der Waals surface area contributed by atoms with Crippen LogP contribution in [0.25, 0.3) is 22.8 Å². The molecule has 7 nitrogen and oxygen atoms in total. The molecule has 1 atom stereocenters. The molecule has 0 aliphatic carbocycles. The van der Waals surface area contributed by atoms with E-state index in [4.69, 9.17) is 4.52 Å². The molecule has 4 rings (SSSR count). The maximum atomic E-state index is 13.3. The number of nitrogens with one attached hydrogen (secondary N) is 1. The minimum absolute atomic E-state index is 0.0378. The molecule has 0 bridgehead atoms. The maximum absolute atomic E-state index is 13.3. The van der Waals surface area contributed by atoms with Crippen LogP contribution in [0.3, 0.4) is 0 Å². The molecule has 1 N–H and O–H groups in total. The quantitative estimate of drug-likeness (QED) is 0.473. The van der Waals surface area contributed by atoms with Crippen LogP contribution in [0.1, 0.15) is 24.4 Å². The zero-order valence-electron chi connectivity index (χ0n) is 16.3. The highest BCUT2D eigenvalue weighted by Gasteiger charge is 2.34. The molecular weight excluding hydrogens is 409 g/mol. The van der Waals surface area contributed by atoms with Crippen molar-refractivity contribution in [3.8, 4) is 22.8 Å². The van der Waals surface area contributed by atoms with Gasteiger partial charge in [-0.25, -0.2) is 9.97 Å². The fourth-order valence-corrected chi connectivity index (χ4v) is 2.79. The lowest BCUT2D eigenvalue weighted by Gasteiger charge is -2.13. The zero-order chi connectivity index (χ0) is 21.8.